The molecule has 0 radical (unpaired) electrons. The van der Waals surface area contributed by atoms with E-state index in [0.29, 0.717) is 13.1 Å². The third-order valence-electron chi connectivity index (χ3n) is 4.09. The molecule has 2 aliphatic rings. The summed E-state index contributed by atoms with van der Waals surface area (Å²) in [6.45, 7) is 5.59. The van der Waals surface area contributed by atoms with Gasteiger partial charge < -0.3 is 14.6 Å². The van der Waals surface area contributed by atoms with E-state index in [1.807, 2.05) is 11.8 Å². The van der Waals surface area contributed by atoms with Crippen LogP contribution >= 0.6 is 0 Å². The summed E-state index contributed by atoms with van der Waals surface area (Å²) in [5.41, 5.74) is 3.03. The summed E-state index contributed by atoms with van der Waals surface area (Å²) in [5, 5.41) is 2.86. The van der Waals surface area contributed by atoms with Gasteiger partial charge in [-0.15, -0.1) is 0 Å². The smallest absolute Gasteiger partial charge is 0.317 e. The molecule has 2 fully saturated rings. The standard InChI is InChI=1S/C13H19N5O3/c1-8-9(4-11(21-8)12(19)16-14)6-17-2-3-18-10(7-17)5-15-13(18)20/h4,10H,2-3,5-7,14H2,1H3,(H,15,20)(H,16,19). The summed E-state index contributed by atoms with van der Waals surface area (Å²) in [6.07, 6.45) is 0. The molecule has 4 N–H and O–H groups in total. The molecule has 8 heteroatoms. The van der Waals surface area contributed by atoms with E-state index in [0.717, 1.165) is 31.0 Å². The zero-order valence-corrected chi connectivity index (χ0v) is 11.9. The van der Waals surface area contributed by atoms with Crippen molar-refractivity contribution in [3.8, 4) is 0 Å². The highest BCUT2D eigenvalue weighted by atomic mass is 16.4. The number of nitrogens with zero attached hydrogens (tertiary/aromatic N) is 2. The molecule has 2 saturated heterocycles. The van der Waals surface area contributed by atoms with E-state index < -0.39 is 5.91 Å². The van der Waals surface area contributed by atoms with Crippen LogP contribution < -0.4 is 16.6 Å². The Morgan fingerprint density at radius 2 is 2.38 bits per heavy atom. The Labute approximate surface area is 122 Å². The molecule has 3 rings (SSSR count). The number of hydrogen-bond acceptors (Lipinski definition) is 5. The molecule has 0 bridgehead atoms. The molecule has 0 saturated carbocycles. The van der Waals surface area contributed by atoms with Gasteiger partial charge in [0.05, 0.1) is 6.04 Å². The van der Waals surface area contributed by atoms with Crippen LogP contribution in [0.4, 0.5) is 4.79 Å². The van der Waals surface area contributed by atoms with Crippen molar-refractivity contribution in [2.45, 2.75) is 19.5 Å². The summed E-state index contributed by atoms with van der Waals surface area (Å²) in [5.74, 6) is 5.62. The first-order chi connectivity index (χ1) is 10.1. The molecule has 21 heavy (non-hydrogen) atoms. The minimum atomic E-state index is -0.431. The second-order valence-corrected chi connectivity index (χ2v) is 5.43. The van der Waals surface area contributed by atoms with E-state index in [4.69, 9.17) is 10.3 Å². The van der Waals surface area contributed by atoms with Crippen molar-refractivity contribution in [1.82, 2.24) is 20.5 Å². The number of nitrogen functional groups attached to an aromatic ring is 1. The summed E-state index contributed by atoms with van der Waals surface area (Å²) >= 11 is 0. The number of fused-ring (bicyclic) bond motifs is 1. The van der Waals surface area contributed by atoms with Gasteiger partial charge in [0.1, 0.15) is 5.76 Å². The average molecular weight is 293 g/mol. The fraction of sp³-hybridized carbons (Fsp3) is 0.538. The van der Waals surface area contributed by atoms with Crippen molar-refractivity contribution >= 4 is 11.9 Å². The number of aryl methyl sites for hydroxylation is 1. The molecular weight excluding hydrogens is 274 g/mol. The first kappa shape index (κ1) is 13.9. The fourth-order valence-corrected chi connectivity index (χ4v) is 2.91. The molecule has 114 valence electrons. The van der Waals surface area contributed by atoms with Gasteiger partial charge in [-0.2, -0.15) is 0 Å². The second kappa shape index (κ2) is 5.38. The van der Waals surface area contributed by atoms with Crippen LogP contribution in [0.1, 0.15) is 21.9 Å². The number of nitrogens with one attached hydrogen (secondary N) is 2. The van der Waals surface area contributed by atoms with Crippen molar-refractivity contribution in [3.63, 3.8) is 0 Å². The number of amides is 3. The predicted molar refractivity (Wildman–Crippen MR) is 74.3 cm³/mol. The van der Waals surface area contributed by atoms with Gasteiger partial charge in [-0.25, -0.2) is 10.6 Å². The Bertz CT molecular complexity index is 570. The zero-order chi connectivity index (χ0) is 15.0. The van der Waals surface area contributed by atoms with E-state index >= 15 is 0 Å². The van der Waals surface area contributed by atoms with Crippen molar-refractivity contribution < 1.29 is 14.0 Å². The van der Waals surface area contributed by atoms with Crippen LogP contribution in [0.3, 0.4) is 0 Å². The molecule has 1 aromatic heterocycles. The molecular formula is C13H19N5O3. The Morgan fingerprint density at radius 1 is 1.57 bits per heavy atom. The van der Waals surface area contributed by atoms with Crippen LogP contribution in [0.25, 0.3) is 0 Å². The van der Waals surface area contributed by atoms with Crippen LogP contribution in [-0.2, 0) is 6.54 Å². The van der Waals surface area contributed by atoms with Gasteiger partial charge in [0.15, 0.2) is 5.76 Å². The Balaban J connectivity index is 1.66. The van der Waals surface area contributed by atoms with Gasteiger partial charge in [-0.1, -0.05) is 0 Å². The third-order valence-corrected chi connectivity index (χ3v) is 4.09. The second-order valence-electron chi connectivity index (χ2n) is 5.43. The van der Waals surface area contributed by atoms with Crippen molar-refractivity contribution in [1.29, 1.82) is 0 Å². The zero-order valence-electron chi connectivity index (χ0n) is 11.9. The highest BCUT2D eigenvalue weighted by molar-refractivity contribution is 5.91. The van der Waals surface area contributed by atoms with E-state index in [9.17, 15) is 9.59 Å². The maximum absolute atomic E-state index is 11.6. The number of hydrogen-bond donors (Lipinski definition) is 3. The van der Waals surface area contributed by atoms with Gasteiger partial charge in [-0.05, 0) is 13.0 Å². The molecule has 3 heterocycles. The number of hydrazine groups is 1. The molecule has 1 unspecified atom stereocenters. The SMILES string of the molecule is Cc1oc(C(=O)NN)cc1CN1CCN2C(=O)NCC2C1. The third kappa shape index (κ3) is 2.59. The summed E-state index contributed by atoms with van der Waals surface area (Å²) in [6, 6.07) is 1.98. The average Bonchev–Trinajstić information content (AvgIpc) is 3.02. The minimum Gasteiger partial charge on any atom is -0.456 e. The lowest BCUT2D eigenvalue weighted by atomic mass is 10.1. The number of carbonyl (C=O) groups excluding carboxylic acids is 2. The number of nitrogens with two attached hydrogens (primary N) is 1. The number of rotatable bonds is 3. The van der Waals surface area contributed by atoms with E-state index in [1.165, 1.54) is 0 Å². The van der Waals surface area contributed by atoms with Crippen molar-refractivity contribution in [2.75, 3.05) is 26.2 Å². The Hall–Kier alpha value is -2.06. The van der Waals surface area contributed by atoms with Crippen LogP contribution in [0.15, 0.2) is 10.5 Å². The highest BCUT2D eigenvalue weighted by Gasteiger charge is 2.35. The Morgan fingerprint density at radius 3 is 3.14 bits per heavy atom. The molecule has 1 aromatic rings. The van der Waals surface area contributed by atoms with Crippen LogP contribution in [0, 0.1) is 6.92 Å². The molecule has 0 aliphatic carbocycles. The molecule has 0 spiro atoms. The van der Waals surface area contributed by atoms with Gasteiger partial charge in [0.25, 0.3) is 0 Å². The maximum atomic E-state index is 11.6. The van der Waals surface area contributed by atoms with Crippen LogP contribution in [0.2, 0.25) is 0 Å². The van der Waals surface area contributed by atoms with E-state index in [2.05, 4.69) is 15.6 Å². The topological polar surface area (TPSA) is 104 Å². The van der Waals surface area contributed by atoms with Gasteiger partial charge in [-0.3, -0.25) is 15.1 Å². The van der Waals surface area contributed by atoms with E-state index in [1.54, 1.807) is 6.07 Å². The minimum absolute atomic E-state index is 0.0287. The monoisotopic (exact) mass is 293 g/mol. The Kier molecular flexibility index (Phi) is 3.56. The molecule has 2 aliphatic heterocycles. The normalized spacial score (nSPS) is 22.1. The predicted octanol–water partition coefficient (Wildman–Crippen LogP) is -0.599. The van der Waals surface area contributed by atoms with Crippen LogP contribution in [0.5, 0.6) is 0 Å². The van der Waals surface area contributed by atoms with Gasteiger partial charge in [0.2, 0.25) is 0 Å². The van der Waals surface area contributed by atoms with Crippen LogP contribution in [-0.4, -0.2) is 54.0 Å². The van der Waals surface area contributed by atoms with Gasteiger partial charge >= 0.3 is 11.9 Å². The molecule has 1 atom stereocenters. The highest BCUT2D eigenvalue weighted by Crippen LogP contribution is 2.20. The molecule has 0 aromatic carbocycles. The van der Waals surface area contributed by atoms with E-state index in [-0.39, 0.29) is 17.8 Å². The number of urea groups is 1. The summed E-state index contributed by atoms with van der Waals surface area (Å²) < 4.78 is 5.42. The quantitative estimate of drug-likeness (QED) is 0.392. The summed E-state index contributed by atoms with van der Waals surface area (Å²) in [4.78, 5) is 27.2. The summed E-state index contributed by atoms with van der Waals surface area (Å²) in [7, 11) is 0. The number of piperazine rings is 1. The molecule has 3 amide bonds. The molecule has 8 nitrogen and oxygen atoms in total. The first-order valence-electron chi connectivity index (χ1n) is 6.95. The number of carbonyl (C=O) groups is 2. The largest absolute Gasteiger partial charge is 0.456 e. The van der Waals surface area contributed by atoms with Gasteiger partial charge in [0, 0.05) is 38.3 Å². The first-order valence-corrected chi connectivity index (χ1v) is 6.95. The fourth-order valence-electron chi connectivity index (χ4n) is 2.91. The number of furan rings is 1. The lowest BCUT2D eigenvalue weighted by molar-refractivity contribution is 0.0924. The lowest BCUT2D eigenvalue weighted by Crippen LogP contribution is -2.51. The maximum Gasteiger partial charge on any atom is 0.317 e. The lowest BCUT2D eigenvalue weighted by Gasteiger charge is -2.36. The van der Waals surface area contributed by atoms with Crippen molar-refractivity contribution in [2.24, 2.45) is 5.84 Å². The van der Waals surface area contributed by atoms with Crippen molar-refractivity contribution in [3.05, 3.63) is 23.2 Å².